The summed E-state index contributed by atoms with van der Waals surface area (Å²) < 4.78 is 10.3. The Bertz CT molecular complexity index is 1080. The maximum Gasteiger partial charge on any atom is 0.338 e. The van der Waals surface area contributed by atoms with Crippen LogP contribution in [-0.4, -0.2) is 37.3 Å². The second-order valence-electron chi connectivity index (χ2n) is 8.42. The summed E-state index contributed by atoms with van der Waals surface area (Å²) in [6.07, 6.45) is 2.35. The summed E-state index contributed by atoms with van der Waals surface area (Å²) in [5.41, 5.74) is 0.899. The highest BCUT2D eigenvalue weighted by molar-refractivity contribution is 6.22. The number of Topliss-reactive ketones (excluding diaryl/α,β-unsaturated/α-hetero) is 1. The van der Waals surface area contributed by atoms with E-state index in [1.54, 1.807) is 36.4 Å². The van der Waals surface area contributed by atoms with Gasteiger partial charge in [-0.2, -0.15) is 0 Å². The van der Waals surface area contributed by atoms with E-state index < -0.39 is 12.6 Å². The van der Waals surface area contributed by atoms with E-state index in [0.717, 1.165) is 6.42 Å². The van der Waals surface area contributed by atoms with Crippen LogP contribution in [0.25, 0.3) is 0 Å². The Balaban J connectivity index is 1.46. The zero-order valence-corrected chi connectivity index (χ0v) is 18.1. The van der Waals surface area contributed by atoms with Crippen LogP contribution in [0.4, 0.5) is 5.69 Å². The van der Waals surface area contributed by atoms with Gasteiger partial charge in [0.05, 0.1) is 30.2 Å². The summed E-state index contributed by atoms with van der Waals surface area (Å²) in [6, 6.07) is 12.8. The third kappa shape index (κ3) is 4.15. The molecule has 1 heterocycles. The largest absolute Gasteiger partial charge is 0.497 e. The van der Waals surface area contributed by atoms with E-state index in [4.69, 9.17) is 9.47 Å². The SMILES string of the molecule is COc1cccc(C(=O)COC(=O)c2cccc(N3C(=O)[C@H]4C[C@H](C)CC[C@H]4C3=O)c2)c1. The first-order valence-electron chi connectivity index (χ1n) is 10.7. The number of nitrogens with zero attached hydrogens (tertiary/aromatic N) is 1. The molecule has 3 atom stereocenters. The van der Waals surface area contributed by atoms with Crippen molar-refractivity contribution in [3.8, 4) is 5.75 Å². The number of imide groups is 1. The first-order chi connectivity index (χ1) is 15.4. The van der Waals surface area contributed by atoms with Crippen LogP contribution in [0, 0.1) is 17.8 Å². The van der Waals surface area contributed by atoms with Gasteiger partial charge in [-0.05, 0) is 55.5 Å². The molecule has 1 saturated heterocycles. The smallest absolute Gasteiger partial charge is 0.338 e. The molecule has 0 aromatic heterocycles. The Morgan fingerprint density at radius 2 is 1.69 bits per heavy atom. The molecule has 1 saturated carbocycles. The van der Waals surface area contributed by atoms with E-state index in [-0.39, 0.29) is 35.0 Å². The number of benzene rings is 2. The van der Waals surface area contributed by atoms with Crippen molar-refractivity contribution < 1.29 is 28.7 Å². The molecule has 7 nitrogen and oxygen atoms in total. The van der Waals surface area contributed by atoms with Crippen molar-refractivity contribution >= 4 is 29.3 Å². The standard InChI is InChI=1S/C25H25NO6/c1-15-9-10-20-21(11-15)24(29)26(23(20)28)18-7-3-6-17(12-18)25(30)32-14-22(27)16-5-4-8-19(13-16)31-2/h3-8,12-13,15,20-21H,9-11,14H2,1-2H3/t15-,20-,21+/m1/s1. The van der Waals surface area contributed by atoms with Crippen molar-refractivity contribution in [2.45, 2.75) is 26.2 Å². The number of carbonyl (C=O) groups excluding carboxylic acids is 4. The van der Waals surface area contributed by atoms with Crippen LogP contribution in [0.3, 0.4) is 0 Å². The van der Waals surface area contributed by atoms with Crippen LogP contribution in [0.2, 0.25) is 0 Å². The summed E-state index contributed by atoms with van der Waals surface area (Å²) in [7, 11) is 1.50. The molecule has 0 N–H and O–H groups in total. The van der Waals surface area contributed by atoms with E-state index in [9.17, 15) is 19.2 Å². The Labute approximate surface area is 186 Å². The lowest BCUT2D eigenvalue weighted by atomic mass is 9.76. The highest BCUT2D eigenvalue weighted by Crippen LogP contribution is 2.42. The van der Waals surface area contributed by atoms with Gasteiger partial charge in [0.2, 0.25) is 11.8 Å². The van der Waals surface area contributed by atoms with Crippen LogP contribution in [0.5, 0.6) is 5.75 Å². The third-order valence-electron chi connectivity index (χ3n) is 6.25. The van der Waals surface area contributed by atoms with E-state index >= 15 is 0 Å². The number of amides is 2. The average Bonchev–Trinajstić information content (AvgIpc) is 3.06. The van der Waals surface area contributed by atoms with Crippen molar-refractivity contribution in [2.24, 2.45) is 17.8 Å². The molecule has 1 aliphatic heterocycles. The second kappa shape index (κ2) is 8.94. The molecule has 2 aliphatic rings. The minimum atomic E-state index is -0.701. The normalized spacial score (nSPS) is 22.4. The van der Waals surface area contributed by atoms with Crippen molar-refractivity contribution in [2.75, 3.05) is 18.6 Å². The van der Waals surface area contributed by atoms with Crippen LogP contribution < -0.4 is 9.64 Å². The topological polar surface area (TPSA) is 90.0 Å². The lowest BCUT2D eigenvalue weighted by molar-refractivity contribution is -0.122. The van der Waals surface area contributed by atoms with Gasteiger partial charge in [0.15, 0.2) is 12.4 Å². The molecule has 2 aromatic rings. The fourth-order valence-electron chi connectivity index (χ4n) is 4.51. The predicted octanol–water partition coefficient (Wildman–Crippen LogP) is 3.66. The van der Waals surface area contributed by atoms with E-state index in [1.807, 2.05) is 0 Å². The molecule has 2 fully saturated rings. The number of rotatable bonds is 6. The Kier molecular flexibility index (Phi) is 6.08. The van der Waals surface area contributed by atoms with E-state index in [2.05, 4.69) is 6.92 Å². The van der Waals surface area contributed by atoms with Gasteiger partial charge in [-0.15, -0.1) is 0 Å². The number of fused-ring (bicyclic) bond motifs is 1. The fraction of sp³-hybridized carbons (Fsp3) is 0.360. The van der Waals surface area contributed by atoms with Crippen molar-refractivity contribution in [1.29, 1.82) is 0 Å². The third-order valence-corrected chi connectivity index (χ3v) is 6.25. The maximum atomic E-state index is 12.9. The number of hydrogen-bond acceptors (Lipinski definition) is 6. The number of ether oxygens (including phenoxy) is 2. The summed E-state index contributed by atoms with van der Waals surface area (Å²) in [5.74, 6) is -1.10. The van der Waals surface area contributed by atoms with Gasteiger partial charge in [-0.3, -0.25) is 19.3 Å². The van der Waals surface area contributed by atoms with Crippen LogP contribution in [0.15, 0.2) is 48.5 Å². The quantitative estimate of drug-likeness (QED) is 0.391. The van der Waals surface area contributed by atoms with Gasteiger partial charge in [0.1, 0.15) is 5.75 Å². The molecule has 0 spiro atoms. The highest BCUT2D eigenvalue weighted by atomic mass is 16.5. The summed E-state index contributed by atoms with van der Waals surface area (Å²) in [6.45, 7) is 1.67. The number of ketones is 1. The molecule has 7 heteroatoms. The molecule has 0 radical (unpaired) electrons. The van der Waals surface area contributed by atoms with Gasteiger partial charge in [0.25, 0.3) is 0 Å². The Morgan fingerprint density at radius 1 is 0.969 bits per heavy atom. The fourth-order valence-corrected chi connectivity index (χ4v) is 4.51. The lowest BCUT2D eigenvalue weighted by Gasteiger charge is -2.25. The Hall–Kier alpha value is -3.48. The second-order valence-corrected chi connectivity index (χ2v) is 8.42. The molecule has 166 valence electrons. The zero-order valence-electron chi connectivity index (χ0n) is 18.1. The number of carbonyl (C=O) groups is 4. The highest BCUT2D eigenvalue weighted by Gasteiger charge is 2.50. The van der Waals surface area contributed by atoms with Gasteiger partial charge in [-0.25, -0.2) is 4.79 Å². The minimum Gasteiger partial charge on any atom is -0.497 e. The van der Waals surface area contributed by atoms with Crippen LogP contribution in [-0.2, 0) is 14.3 Å². The van der Waals surface area contributed by atoms with E-state index in [1.165, 1.54) is 24.1 Å². The molecule has 0 unspecified atom stereocenters. The molecule has 2 aromatic carbocycles. The summed E-state index contributed by atoms with van der Waals surface area (Å²) in [5, 5.41) is 0. The van der Waals surface area contributed by atoms with Gasteiger partial charge in [0, 0.05) is 5.56 Å². The number of hydrogen-bond donors (Lipinski definition) is 0. The van der Waals surface area contributed by atoms with Crippen molar-refractivity contribution in [1.82, 2.24) is 0 Å². The predicted molar refractivity (Wildman–Crippen MR) is 117 cm³/mol. The van der Waals surface area contributed by atoms with Crippen molar-refractivity contribution in [3.63, 3.8) is 0 Å². The van der Waals surface area contributed by atoms with Crippen LogP contribution in [0.1, 0.15) is 46.9 Å². The van der Waals surface area contributed by atoms with Gasteiger partial charge >= 0.3 is 5.97 Å². The lowest BCUT2D eigenvalue weighted by Crippen LogP contribution is -2.31. The van der Waals surface area contributed by atoms with Crippen molar-refractivity contribution in [3.05, 3.63) is 59.7 Å². The average molecular weight is 435 g/mol. The number of anilines is 1. The first kappa shape index (κ1) is 21.7. The molecule has 1 aliphatic carbocycles. The van der Waals surface area contributed by atoms with E-state index in [0.29, 0.717) is 35.8 Å². The summed E-state index contributed by atoms with van der Waals surface area (Å²) >= 11 is 0. The molecular weight excluding hydrogens is 410 g/mol. The zero-order chi connectivity index (χ0) is 22.8. The molecule has 2 amide bonds. The molecular formula is C25H25NO6. The number of methoxy groups -OCH3 is 1. The monoisotopic (exact) mass is 435 g/mol. The Morgan fingerprint density at radius 3 is 2.47 bits per heavy atom. The minimum absolute atomic E-state index is 0.171. The number of esters is 1. The van der Waals surface area contributed by atoms with Crippen LogP contribution >= 0.6 is 0 Å². The molecule has 4 rings (SSSR count). The molecule has 32 heavy (non-hydrogen) atoms. The van der Waals surface area contributed by atoms with Gasteiger partial charge in [-0.1, -0.05) is 25.1 Å². The van der Waals surface area contributed by atoms with Gasteiger partial charge < -0.3 is 9.47 Å². The molecule has 0 bridgehead atoms. The summed E-state index contributed by atoms with van der Waals surface area (Å²) in [4.78, 5) is 51.9. The first-order valence-corrected chi connectivity index (χ1v) is 10.7. The maximum absolute atomic E-state index is 12.9.